The lowest BCUT2D eigenvalue weighted by Gasteiger charge is -2.45. The van der Waals surface area contributed by atoms with Crippen LogP contribution in [-0.4, -0.2) is 45.1 Å². The summed E-state index contributed by atoms with van der Waals surface area (Å²) in [6.45, 7) is 6.76. The van der Waals surface area contributed by atoms with Crippen LogP contribution < -0.4 is 5.32 Å². The number of ether oxygens (including phenoxy) is 1. The molecule has 0 spiro atoms. The highest BCUT2D eigenvalue weighted by molar-refractivity contribution is 7.16. The van der Waals surface area contributed by atoms with Crippen molar-refractivity contribution in [2.75, 3.05) is 18.5 Å². The normalized spacial score (nSPS) is 22.0. The summed E-state index contributed by atoms with van der Waals surface area (Å²) < 4.78 is 5.76. The second-order valence-electron chi connectivity index (χ2n) is 7.81. The van der Waals surface area contributed by atoms with Gasteiger partial charge in [-0.1, -0.05) is 12.5 Å². The molecule has 6 nitrogen and oxygen atoms in total. The van der Waals surface area contributed by atoms with Gasteiger partial charge in [-0.3, -0.25) is 4.90 Å². The number of aryl methyl sites for hydroxylation is 2. The van der Waals surface area contributed by atoms with E-state index in [2.05, 4.69) is 37.7 Å². The highest BCUT2D eigenvalue weighted by atomic mass is 32.1. The number of hydrogen-bond acceptors (Lipinski definition) is 8. The number of anilines is 2. The molecular weight excluding hydrogens is 402 g/mol. The van der Waals surface area contributed by atoms with Crippen molar-refractivity contribution in [3.8, 4) is 10.6 Å². The number of thiazole rings is 2. The van der Waals surface area contributed by atoms with Gasteiger partial charge >= 0.3 is 0 Å². The van der Waals surface area contributed by atoms with Crippen molar-refractivity contribution in [1.82, 2.24) is 19.9 Å². The molecule has 2 saturated heterocycles. The van der Waals surface area contributed by atoms with Crippen LogP contribution in [0.25, 0.3) is 10.6 Å². The first-order valence-corrected chi connectivity index (χ1v) is 11.8. The molecule has 3 aromatic rings. The van der Waals surface area contributed by atoms with Crippen LogP contribution in [0.5, 0.6) is 0 Å². The molecule has 0 amide bonds. The fourth-order valence-corrected chi connectivity index (χ4v) is 5.96. The van der Waals surface area contributed by atoms with Crippen LogP contribution in [0.15, 0.2) is 23.7 Å². The summed E-state index contributed by atoms with van der Waals surface area (Å²) in [5.74, 6) is 0.828. The zero-order valence-corrected chi connectivity index (χ0v) is 18.4. The average Bonchev–Trinajstić information content (AvgIpc) is 3.29. The maximum Gasteiger partial charge on any atom is 0.188 e. The molecule has 8 heteroatoms. The Labute approximate surface area is 179 Å². The van der Waals surface area contributed by atoms with Crippen LogP contribution in [0.1, 0.15) is 35.5 Å². The Bertz CT molecular complexity index is 961. The van der Waals surface area contributed by atoms with E-state index in [1.165, 1.54) is 24.8 Å². The molecule has 0 unspecified atom stereocenters. The highest BCUT2D eigenvalue weighted by Gasteiger charge is 2.34. The molecule has 0 aliphatic carbocycles. The van der Waals surface area contributed by atoms with E-state index in [-0.39, 0.29) is 0 Å². The number of rotatable bonds is 5. The number of morpholine rings is 1. The van der Waals surface area contributed by atoms with Crippen LogP contribution in [0.4, 0.5) is 10.9 Å². The molecule has 5 rings (SSSR count). The topological polar surface area (TPSA) is 63.2 Å². The van der Waals surface area contributed by atoms with Gasteiger partial charge in [0.05, 0.1) is 34.5 Å². The van der Waals surface area contributed by atoms with E-state index < -0.39 is 0 Å². The average molecular weight is 428 g/mol. The largest absolute Gasteiger partial charge is 0.378 e. The molecule has 29 heavy (non-hydrogen) atoms. The van der Waals surface area contributed by atoms with Crippen LogP contribution in [0.2, 0.25) is 0 Å². The molecule has 5 heterocycles. The molecule has 2 aliphatic heterocycles. The summed E-state index contributed by atoms with van der Waals surface area (Å²) >= 11 is 3.28. The molecular formula is C21H25N5OS2. The maximum atomic E-state index is 5.76. The van der Waals surface area contributed by atoms with Gasteiger partial charge in [-0.15, -0.1) is 22.7 Å². The van der Waals surface area contributed by atoms with Crippen LogP contribution in [0, 0.1) is 13.8 Å². The lowest BCUT2D eigenvalue weighted by molar-refractivity contribution is -0.0774. The van der Waals surface area contributed by atoms with Crippen molar-refractivity contribution in [2.24, 2.45) is 0 Å². The van der Waals surface area contributed by atoms with E-state index in [1.54, 1.807) is 22.7 Å². The van der Waals surface area contributed by atoms with Gasteiger partial charge in [0, 0.05) is 30.2 Å². The summed E-state index contributed by atoms with van der Waals surface area (Å²) in [5.41, 5.74) is 3.28. The van der Waals surface area contributed by atoms with Gasteiger partial charge < -0.3 is 10.1 Å². The summed E-state index contributed by atoms with van der Waals surface area (Å²) in [5, 5.41) is 7.34. The number of aromatic nitrogens is 3. The van der Waals surface area contributed by atoms with E-state index in [1.807, 2.05) is 20.0 Å². The predicted molar refractivity (Wildman–Crippen MR) is 118 cm³/mol. The number of pyridine rings is 1. The van der Waals surface area contributed by atoms with Gasteiger partial charge in [0.1, 0.15) is 5.82 Å². The number of hydrogen-bond donors (Lipinski definition) is 1. The molecule has 2 atom stereocenters. The predicted octanol–water partition coefficient (Wildman–Crippen LogP) is 4.78. The first-order chi connectivity index (χ1) is 14.2. The summed E-state index contributed by atoms with van der Waals surface area (Å²) in [6.07, 6.45) is 5.80. The Kier molecular flexibility index (Phi) is 5.34. The van der Waals surface area contributed by atoms with Gasteiger partial charge in [-0.25, -0.2) is 15.0 Å². The van der Waals surface area contributed by atoms with Gasteiger partial charge in [0.15, 0.2) is 5.13 Å². The van der Waals surface area contributed by atoms with Gasteiger partial charge in [0.25, 0.3) is 0 Å². The minimum Gasteiger partial charge on any atom is -0.378 e. The first-order valence-electron chi connectivity index (χ1n) is 10.1. The van der Waals surface area contributed by atoms with Crippen molar-refractivity contribution < 1.29 is 4.74 Å². The molecule has 0 aromatic carbocycles. The molecule has 1 N–H and O–H groups in total. The van der Waals surface area contributed by atoms with Crippen LogP contribution >= 0.6 is 22.7 Å². The van der Waals surface area contributed by atoms with Crippen LogP contribution in [-0.2, 0) is 11.3 Å². The fraction of sp³-hybridized carbons (Fsp3) is 0.476. The van der Waals surface area contributed by atoms with Crippen LogP contribution in [0.3, 0.4) is 0 Å². The number of nitrogens with one attached hydrogen (secondary N) is 1. The molecule has 0 saturated carbocycles. The van der Waals surface area contributed by atoms with E-state index in [4.69, 9.17) is 9.72 Å². The van der Waals surface area contributed by atoms with Gasteiger partial charge in [-0.2, -0.15) is 0 Å². The van der Waals surface area contributed by atoms with Crippen molar-refractivity contribution in [1.29, 1.82) is 0 Å². The second kappa shape index (κ2) is 8.10. The van der Waals surface area contributed by atoms with E-state index in [0.717, 1.165) is 52.0 Å². The summed E-state index contributed by atoms with van der Waals surface area (Å²) in [4.78, 5) is 17.6. The van der Waals surface area contributed by atoms with Crippen molar-refractivity contribution in [3.63, 3.8) is 0 Å². The lowest BCUT2D eigenvalue weighted by Crippen LogP contribution is -2.54. The van der Waals surface area contributed by atoms with E-state index >= 15 is 0 Å². The zero-order valence-electron chi connectivity index (χ0n) is 16.7. The fourth-order valence-electron chi connectivity index (χ4n) is 4.29. The SMILES string of the molecule is Cc1nc(C)c(-c2csc(Nc3ccc(CN4[C@@H]5CCC[C@H]4COC5)cn3)n2)s1. The maximum absolute atomic E-state index is 5.76. The third-order valence-electron chi connectivity index (χ3n) is 5.70. The Morgan fingerprint density at radius 3 is 2.69 bits per heavy atom. The summed E-state index contributed by atoms with van der Waals surface area (Å²) in [6, 6.07) is 5.35. The highest BCUT2D eigenvalue weighted by Crippen LogP contribution is 2.33. The minimum atomic E-state index is 0.563. The Morgan fingerprint density at radius 1 is 1.17 bits per heavy atom. The van der Waals surface area contributed by atoms with Crippen molar-refractivity contribution >= 4 is 33.6 Å². The molecule has 3 aromatic heterocycles. The monoisotopic (exact) mass is 427 g/mol. The quantitative estimate of drug-likeness (QED) is 0.632. The van der Waals surface area contributed by atoms with Crippen molar-refractivity contribution in [3.05, 3.63) is 40.0 Å². The van der Waals surface area contributed by atoms with E-state index in [0.29, 0.717) is 12.1 Å². The Hall–Kier alpha value is -1.87. The van der Waals surface area contributed by atoms with Crippen molar-refractivity contribution in [2.45, 2.75) is 51.7 Å². The molecule has 2 aliphatic rings. The van der Waals surface area contributed by atoms with Gasteiger partial charge in [-0.05, 0) is 38.3 Å². The Balaban J connectivity index is 1.25. The number of nitrogens with zero attached hydrogens (tertiary/aromatic N) is 4. The smallest absolute Gasteiger partial charge is 0.188 e. The summed E-state index contributed by atoms with van der Waals surface area (Å²) in [7, 11) is 0. The standard InChI is InChI=1S/C21H25N5OS2/c1-13-20(29-14(2)23-13)18-12-28-21(24-18)25-19-7-6-15(8-22-19)9-26-16-4-3-5-17(26)11-27-10-16/h6-8,12,16-17H,3-5,9-11H2,1-2H3,(H,22,24,25)/t16-,17+. The first kappa shape index (κ1) is 19.1. The number of fused-ring (bicyclic) bond motifs is 2. The lowest BCUT2D eigenvalue weighted by atomic mass is 9.94. The third-order valence-corrected chi connectivity index (χ3v) is 7.55. The second-order valence-corrected chi connectivity index (χ2v) is 9.87. The third kappa shape index (κ3) is 4.07. The number of piperidine rings is 1. The molecule has 0 radical (unpaired) electrons. The zero-order chi connectivity index (χ0) is 19.8. The van der Waals surface area contributed by atoms with Gasteiger partial charge in [0.2, 0.25) is 0 Å². The Morgan fingerprint density at radius 2 is 2.00 bits per heavy atom. The molecule has 2 fully saturated rings. The van der Waals surface area contributed by atoms with E-state index in [9.17, 15) is 0 Å². The molecule has 152 valence electrons. The molecule has 2 bridgehead atoms. The minimum absolute atomic E-state index is 0.563.